The predicted octanol–water partition coefficient (Wildman–Crippen LogP) is 4.30. The largest absolute Gasteiger partial charge is 0.313 e. The lowest BCUT2D eigenvalue weighted by Crippen LogP contribution is -2.38. The normalized spacial score (nSPS) is 18.7. The monoisotopic (exact) mass is 313 g/mol. The van der Waals surface area contributed by atoms with Crippen LogP contribution in [0.5, 0.6) is 0 Å². The molecule has 0 aromatic heterocycles. The van der Waals surface area contributed by atoms with Crippen LogP contribution in [0.4, 0.5) is 4.39 Å². The van der Waals surface area contributed by atoms with E-state index in [1.54, 1.807) is 12.1 Å². The first-order chi connectivity index (χ1) is 8.55. The molecule has 0 amide bonds. The van der Waals surface area contributed by atoms with E-state index in [9.17, 15) is 4.39 Å². The maximum Gasteiger partial charge on any atom is 0.124 e. The van der Waals surface area contributed by atoms with Crippen molar-refractivity contribution in [1.29, 1.82) is 0 Å². The summed E-state index contributed by atoms with van der Waals surface area (Å²) in [7, 11) is 0. The zero-order valence-corrected chi connectivity index (χ0v) is 12.7. The van der Waals surface area contributed by atoms with E-state index in [0.29, 0.717) is 11.5 Å². The van der Waals surface area contributed by atoms with Gasteiger partial charge in [0.2, 0.25) is 0 Å². The van der Waals surface area contributed by atoms with Crippen LogP contribution in [0.25, 0.3) is 0 Å². The molecule has 1 fully saturated rings. The molecule has 0 spiro atoms. The van der Waals surface area contributed by atoms with Crippen LogP contribution in [0.3, 0.4) is 0 Å². The zero-order chi connectivity index (χ0) is 13.2. The van der Waals surface area contributed by atoms with Gasteiger partial charge in [-0.05, 0) is 55.3 Å². The molecular weight excluding hydrogens is 293 g/mol. The van der Waals surface area contributed by atoms with Gasteiger partial charge in [-0.15, -0.1) is 0 Å². The molecular formula is C15H21BrFN. The Kier molecular flexibility index (Phi) is 4.44. The molecule has 0 aliphatic heterocycles. The molecule has 0 radical (unpaired) electrons. The summed E-state index contributed by atoms with van der Waals surface area (Å²) in [6.45, 7) is 5.59. The quantitative estimate of drug-likeness (QED) is 0.825. The first-order valence-corrected chi connectivity index (χ1v) is 7.52. The van der Waals surface area contributed by atoms with E-state index in [1.807, 2.05) is 6.07 Å². The molecule has 2 rings (SSSR count). The number of halogens is 2. The standard InChI is InChI=1S/C15H21BrFN/c1-3-8-18-14(15(2)6-7-15)9-11-4-5-12(17)10-13(11)16/h4-5,10,14,18H,3,6-9H2,1-2H3. The van der Waals surface area contributed by atoms with Crippen LogP contribution in [0.15, 0.2) is 22.7 Å². The van der Waals surface area contributed by atoms with Crippen LogP contribution in [0.2, 0.25) is 0 Å². The van der Waals surface area contributed by atoms with Gasteiger partial charge in [-0.1, -0.05) is 35.8 Å². The Labute approximate surface area is 117 Å². The van der Waals surface area contributed by atoms with Gasteiger partial charge in [0, 0.05) is 10.5 Å². The van der Waals surface area contributed by atoms with Gasteiger partial charge in [0.1, 0.15) is 5.82 Å². The van der Waals surface area contributed by atoms with Gasteiger partial charge in [0.15, 0.2) is 0 Å². The summed E-state index contributed by atoms with van der Waals surface area (Å²) in [6, 6.07) is 5.50. The van der Waals surface area contributed by atoms with Crippen molar-refractivity contribution in [2.75, 3.05) is 6.54 Å². The maximum atomic E-state index is 13.1. The molecule has 1 N–H and O–H groups in total. The van der Waals surface area contributed by atoms with E-state index in [4.69, 9.17) is 0 Å². The minimum absolute atomic E-state index is 0.179. The summed E-state index contributed by atoms with van der Waals surface area (Å²) in [6.07, 6.45) is 4.72. The number of hydrogen-bond donors (Lipinski definition) is 1. The second kappa shape index (κ2) is 5.70. The summed E-state index contributed by atoms with van der Waals surface area (Å²) < 4.78 is 14.0. The number of hydrogen-bond acceptors (Lipinski definition) is 1. The first-order valence-electron chi connectivity index (χ1n) is 6.72. The van der Waals surface area contributed by atoms with Crippen molar-refractivity contribution < 1.29 is 4.39 Å². The van der Waals surface area contributed by atoms with Gasteiger partial charge in [-0.25, -0.2) is 4.39 Å². The van der Waals surface area contributed by atoms with Crippen molar-refractivity contribution in [3.05, 3.63) is 34.1 Å². The van der Waals surface area contributed by atoms with Crippen LogP contribution in [-0.2, 0) is 6.42 Å². The highest BCUT2D eigenvalue weighted by atomic mass is 79.9. The highest BCUT2D eigenvalue weighted by Crippen LogP contribution is 2.49. The molecule has 1 aromatic rings. The Morgan fingerprint density at radius 3 is 2.72 bits per heavy atom. The molecule has 100 valence electrons. The Morgan fingerprint density at radius 2 is 2.17 bits per heavy atom. The minimum atomic E-state index is -0.179. The third-order valence-electron chi connectivity index (χ3n) is 3.96. The SMILES string of the molecule is CCCNC(Cc1ccc(F)cc1Br)C1(C)CC1. The fourth-order valence-corrected chi connectivity index (χ4v) is 2.85. The molecule has 1 aliphatic carbocycles. The molecule has 1 unspecified atom stereocenters. The van der Waals surface area contributed by atoms with Crippen molar-refractivity contribution in [2.24, 2.45) is 5.41 Å². The van der Waals surface area contributed by atoms with E-state index >= 15 is 0 Å². The van der Waals surface area contributed by atoms with Gasteiger partial charge in [-0.3, -0.25) is 0 Å². The fourth-order valence-electron chi connectivity index (χ4n) is 2.34. The number of benzene rings is 1. The third-order valence-corrected chi connectivity index (χ3v) is 4.70. The summed E-state index contributed by atoms with van der Waals surface area (Å²) in [5.41, 5.74) is 1.63. The molecule has 0 heterocycles. The zero-order valence-electron chi connectivity index (χ0n) is 11.1. The van der Waals surface area contributed by atoms with Crippen molar-refractivity contribution >= 4 is 15.9 Å². The molecule has 0 bridgehead atoms. The van der Waals surface area contributed by atoms with Crippen molar-refractivity contribution in [2.45, 2.75) is 45.6 Å². The van der Waals surface area contributed by atoms with Crippen LogP contribution in [-0.4, -0.2) is 12.6 Å². The molecule has 1 atom stereocenters. The van der Waals surface area contributed by atoms with Crippen LogP contribution in [0, 0.1) is 11.2 Å². The first kappa shape index (κ1) is 14.0. The van der Waals surface area contributed by atoms with Gasteiger partial charge < -0.3 is 5.32 Å². The lowest BCUT2D eigenvalue weighted by Gasteiger charge is -2.25. The summed E-state index contributed by atoms with van der Waals surface area (Å²) >= 11 is 3.46. The predicted molar refractivity (Wildman–Crippen MR) is 77.2 cm³/mol. The fraction of sp³-hybridized carbons (Fsp3) is 0.600. The van der Waals surface area contributed by atoms with E-state index in [-0.39, 0.29) is 5.82 Å². The highest BCUT2D eigenvalue weighted by molar-refractivity contribution is 9.10. The Bertz CT molecular complexity index is 415. The maximum absolute atomic E-state index is 13.1. The summed E-state index contributed by atoms with van der Waals surface area (Å²) in [5, 5.41) is 3.65. The Hall–Kier alpha value is -0.410. The average Bonchev–Trinajstić information content (AvgIpc) is 3.06. The number of rotatable bonds is 6. The molecule has 1 saturated carbocycles. The summed E-state index contributed by atoms with van der Waals surface area (Å²) in [4.78, 5) is 0. The Morgan fingerprint density at radius 1 is 1.44 bits per heavy atom. The second-order valence-electron chi connectivity index (χ2n) is 5.60. The molecule has 1 aliphatic rings. The minimum Gasteiger partial charge on any atom is -0.313 e. The molecule has 1 aromatic carbocycles. The van der Waals surface area contributed by atoms with Gasteiger partial charge in [-0.2, -0.15) is 0 Å². The van der Waals surface area contributed by atoms with E-state index in [1.165, 1.54) is 18.4 Å². The van der Waals surface area contributed by atoms with Crippen molar-refractivity contribution in [1.82, 2.24) is 5.32 Å². The lowest BCUT2D eigenvalue weighted by molar-refractivity contribution is 0.354. The van der Waals surface area contributed by atoms with Gasteiger partial charge >= 0.3 is 0 Å². The van der Waals surface area contributed by atoms with Crippen LogP contribution >= 0.6 is 15.9 Å². The number of nitrogens with one attached hydrogen (secondary N) is 1. The highest BCUT2D eigenvalue weighted by Gasteiger charge is 2.44. The molecule has 3 heteroatoms. The van der Waals surface area contributed by atoms with Gasteiger partial charge in [0.25, 0.3) is 0 Å². The van der Waals surface area contributed by atoms with Crippen molar-refractivity contribution in [3.8, 4) is 0 Å². The van der Waals surface area contributed by atoms with E-state index in [0.717, 1.165) is 23.9 Å². The third kappa shape index (κ3) is 3.33. The lowest BCUT2D eigenvalue weighted by atomic mass is 9.92. The Balaban J connectivity index is 2.08. The van der Waals surface area contributed by atoms with Crippen LogP contribution < -0.4 is 5.32 Å². The van der Waals surface area contributed by atoms with Crippen LogP contribution in [0.1, 0.15) is 38.7 Å². The van der Waals surface area contributed by atoms with E-state index in [2.05, 4.69) is 35.1 Å². The molecule has 0 saturated heterocycles. The second-order valence-corrected chi connectivity index (χ2v) is 6.45. The topological polar surface area (TPSA) is 12.0 Å². The smallest absolute Gasteiger partial charge is 0.124 e. The molecule has 1 nitrogen and oxygen atoms in total. The van der Waals surface area contributed by atoms with Crippen molar-refractivity contribution in [3.63, 3.8) is 0 Å². The van der Waals surface area contributed by atoms with Gasteiger partial charge in [0.05, 0.1) is 0 Å². The molecule has 18 heavy (non-hydrogen) atoms. The van der Waals surface area contributed by atoms with E-state index < -0.39 is 0 Å². The average molecular weight is 314 g/mol. The summed E-state index contributed by atoms with van der Waals surface area (Å²) in [5.74, 6) is -0.179.